The van der Waals surface area contributed by atoms with Gasteiger partial charge in [0.25, 0.3) is 0 Å². The molecule has 0 aliphatic carbocycles. The molecule has 3 atom stereocenters. The molecule has 2 heterocycles. The summed E-state index contributed by atoms with van der Waals surface area (Å²) in [4.78, 5) is 2.44. The zero-order chi connectivity index (χ0) is 10.8. The first-order valence-electron chi connectivity index (χ1n) is 5.89. The maximum absolute atomic E-state index is 9.73. The van der Waals surface area contributed by atoms with E-state index in [2.05, 4.69) is 4.90 Å². The summed E-state index contributed by atoms with van der Waals surface area (Å²) in [6.45, 7) is 1.18. The normalized spacial score (nSPS) is 38.2. The van der Waals surface area contributed by atoms with Gasteiger partial charge in [-0.1, -0.05) is 0 Å². The summed E-state index contributed by atoms with van der Waals surface area (Å²) in [5.41, 5.74) is 5.99. The first-order chi connectivity index (χ1) is 7.20. The van der Waals surface area contributed by atoms with Crippen LogP contribution in [0.25, 0.3) is 0 Å². The summed E-state index contributed by atoms with van der Waals surface area (Å²) >= 11 is 0. The van der Waals surface area contributed by atoms with Gasteiger partial charge in [-0.2, -0.15) is 0 Å². The number of methoxy groups -OCH3 is 1. The van der Waals surface area contributed by atoms with Gasteiger partial charge in [-0.05, 0) is 25.7 Å². The van der Waals surface area contributed by atoms with Gasteiger partial charge in [0.05, 0.1) is 12.7 Å². The second kappa shape index (κ2) is 4.78. The molecular formula is C11H22N2O2. The van der Waals surface area contributed by atoms with Gasteiger partial charge in [0.1, 0.15) is 0 Å². The number of piperidine rings is 1. The molecule has 2 aliphatic rings. The molecule has 15 heavy (non-hydrogen) atoms. The van der Waals surface area contributed by atoms with Gasteiger partial charge in [0, 0.05) is 31.8 Å². The van der Waals surface area contributed by atoms with Crippen molar-refractivity contribution in [2.24, 2.45) is 5.73 Å². The van der Waals surface area contributed by atoms with E-state index in [9.17, 15) is 5.11 Å². The molecule has 0 aromatic rings. The van der Waals surface area contributed by atoms with Gasteiger partial charge >= 0.3 is 0 Å². The number of nitrogens with zero attached hydrogens (tertiary/aromatic N) is 1. The molecule has 4 heteroatoms. The minimum atomic E-state index is -0.354. The SMILES string of the molecule is COCC(O)CN1C2CCC1CC(N)C2. The Morgan fingerprint density at radius 3 is 2.53 bits per heavy atom. The van der Waals surface area contributed by atoms with Gasteiger partial charge < -0.3 is 15.6 Å². The molecule has 88 valence electrons. The molecule has 0 aromatic carbocycles. The maximum Gasteiger partial charge on any atom is 0.0900 e. The Bertz CT molecular complexity index is 199. The number of aliphatic hydroxyl groups is 1. The smallest absolute Gasteiger partial charge is 0.0900 e. The lowest BCUT2D eigenvalue weighted by Crippen LogP contribution is -2.50. The van der Waals surface area contributed by atoms with Crippen molar-refractivity contribution in [3.05, 3.63) is 0 Å². The van der Waals surface area contributed by atoms with Crippen molar-refractivity contribution in [1.29, 1.82) is 0 Å². The van der Waals surface area contributed by atoms with Gasteiger partial charge in [-0.25, -0.2) is 0 Å². The van der Waals surface area contributed by atoms with E-state index in [-0.39, 0.29) is 6.10 Å². The van der Waals surface area contributed by atoms with E-state index in [1.54, 1.807) is 7.11 Å². The summed E-state index contributed by atoms with van der Waals surface area (Å²) in [5, 5.41) is 9.73. The average Bonchev–Trinajstić information content (AvgIpc) is 2.44. The second-order valence-corrected chi connectivity index (χ2v) is 4.92. The number of hydrogen-bond donors (Lipinski definition) is 2. The highest BCUT2D eigenvalue weighted by molar-refractivity contribution is 4.97. The summed E-state index contributed by atoms with van der Waals surface area (Å²) in [5.74, 6) is 0. The number of rotatable bonds is 4. The van der Waals surface area contributed by atoms with E-state index in [0.717, 1.165) is 19.4 Å². The third-order valence-electron chi connectivity index (χ3n) is 3.70. The first kappa shape index (κ1) is 11.3. The van der Waals surface area contributed by atoms with Crippen molar-refractivity contribution in [3.8, 4) is 0 Å². The minimum absolute atomic E-state index is 0.354. The Hall–Kier alpha value is -0.160. The van der Waals surface area contributed by atoms with Crippen LogP contribution in [0.3, 0.4) is 0 Å². The highest BCUT2D eigenvalue weighted by atomic mass is 16.5. The molecule has 3 unspecified atom stereocenters. The van der Waals surface area contributed by atoms with Crippen molar-refractivity contribution in [1.82, 2.24) is 4.90 Å². The third-order valence-corrected chi connectivity index (χ3v) is 3.70. The highest BCUT2D eigenvalue weighted by Gasteiger charge is 2.39. The van der Waals surface area contributed by atoms with Crippen LogP contribution in [0.1, 0.15) is 25.7 Å². The van der Waals surface area contributed by atoms with E-state index >= 15 is 0 Å². The van der Waals surface area contributed by atoms with Crippen LogP contribution in [-0.4, -0.2) is 54.5 Å². The van der Waals surface area contributed by atoms with Crippen LogP contribution in [0.2, 0.25) is 0 Å². The molecule has 2 fully saturated rings. The summed E-state index contributed by atoms with van der Waals surface area (Å²) in [6.07, 6.45) is 4.33. The zero-order valence-electron chi connectivity index (χ0n) is 9.43. The van der Waals surface area contributed by atoms with Crippen molar-refractivity contribution < 1.29 is 9.84 Å². The number of ether oxygens (including phenoxy) is 1. The highest BCUT2D eigenvalue weighted by Crippen LogP contribution is 2.34. The molecule has 2 rings (SSSR count). The number of hydrogen-bond acceptors (Lipinski definition) is 4. The maximum atomic E-state index is 9.73. The molecule has 0 spiro atoms. The lowest BCUT2D eigenvalue weighted by molar-refractivity contribution is 0.0127. The first-order valence-corrected chi connectivity index (χ1v) is 5.89. The fraction of sp³-hybridized carbons (Fsp3) is 1.00. The Kier molecular flexibility index (Phi) is 3.61. The Labute approximate surface area is 91.4 Å². The lowest BCUT2D eigenvalue weighted by atomic mass is 9.98. The molecule has 3 N–H and O–H groups in total. The van der Waals surface area contributed by atoms with Crippen LogP contribution >= 0.6 is 0 Å². The van der Waals surface area contributed by atoms with Gasteiger partial charge in [-0.3, -0.25) is 4.90 Å². The fourth-order valence-electron chi connectivity index (χ4n) is 3.10. The summed E-state index contributed by atoms with van der Waals surface area (Å²) < 4.78 is 4.96. The van der Waals surface area contributed by atoms with Crippen LogP contribution in [0.4, 0.5) is 0 Å². The number of aliphatic hydroxyl groups excluding tert-OH is 1. The minimum Gasteiger partial charge on any atom is -0.389 e. The standard InChI is InChI=1S/C11H22N2O2/c1-15-7-11(14)6-13-9-2-3-10(13)5-8(12)4-9/h8-11,14H,2-7,12H2,1H3. The van der Waals surface area contributed by atoms with Crippen molar-refractivity contribution >= 4 is 0 Å². The lowest BCUT2D eigenvalue weighted by Gasteiger charge is -2.38. The Morgan fingerprint density at radius 2 is 2.00 bits per heavy atom. The molecule has 0 aromatic heterocycles. The van der Waals surface area contributed by atoms with Crippen LogP contribution in [0.15, 0.2) is 0 Å². The van der Waals surface area contributed by atoms with E-state index in [1.807, 2.05) is 0 Å². The predicted octanol–water partition coefficient (Wildman–Crippen LogP) is -0.0522. The Balaban J connectivity index is 1.88. The molecule has 0 saturated carbocycles. The molecule has 2 saturated heterocycles. The monoisotopic (exact) mass is 214 g/mol. The van der Waals surface area contributed by atoms with E-state index in [4.69, 9.17) is 10.5 Å². The number of nitrogens with two attached hydrogens (primary N) is 1. The quantitative estimate of drug-likeness (QED) is 0.689. The van der Waals surface area contributed by atoms with E-state index < -0.39 is 0 Å². The molecular weight excluding hydrogens is 192 g/mol. The van der Waals surface area contributed by atoms with Crippen LogP contribution in [-0.2, 0) is 4.74 Å². The van der Waals surface area contributed by atoms with Crippen molar-refractivity contribution in [2.45, 2.75) is 49.9 Å². The van der Waals surface area contributed by atoms with Crippen LogP contribution in [0.5, 0.6) is 0 Å². The molecule has 0 radical (unpaired) electrons. The zero-order valence-corrected chi connectivity index (χ0v) is 9.43. The van der Waals surface area contributed by atoms with Gasteiger partial charge in [-0.15, -0.1) is 0 Å². The summed E-state index contributed by atoms with van der Waals surface area (Å²) in [7, 11) is 1.63. The van der Waals surface area contributed by atoms with Gasteiger partial charge in [0.2, 0.25) is 0 Å². The Morgan fingerprint density at radius 1 is 1.40 bits per heavy atom. The number of fused-ring (bicyclic) bond motifs is 2. The molecule has 2 aliphatic heterocycles. The largest absolute Gasteiger partial charge is 0.389 e. The van der Waals surface area contributed by atoms with E-state index in [1.165, 1.54) is 12.8 Å². The third kappa shape index (κ3) is 2.50. The second-order valence-electron chi connectivity index (χ2n) is 4.92. The fourth-order valence-corrected chi connectivity index (χ4v) is 3.10. The predicted molar refractivity (Wildman–Crippen MR) is 58.6 cm³/mol. The molecule has 2 bridgehead atoms. The van der Waals surface area contributed by atoms with Crippen LogP contribution < -0.4 is 5.73 Å². The molecule has 0 amide bonds. The topological polar surface area (TPSA) is 58.7 Å². The van der Waals surface area contributed by atoms with Crippen molar-refractivity contribution in [3.63, 3.8) is 0 Å². The van der Waals surface area contributed by atoms with E-state index in [0.29, 0.717) is 24.7 Å². The van der Waals surface area contributed by atoms with Crippen LogP contribution in [0, 0.1) is 0 Å². The van der Waals surface area contributed by atoms with Gasteiger partial charge in [0.15, 0.2) is 0 Å². The summed E-state index contributed by atoms with van der Waals surface area (Å²) in [6, 6.07) is 1.58. The molecule has 4 nitrogen and oxygen atoms in total. The van der Waals surface area contributed by atoms with Crippen molar-refractivity contribution in [2.75, 3.05) is 20.3 Å². The average molecular weight is 214 g/mol.